The Labute approximate surface area is 107 Å². The van der Waals surface area contributed by atoms with Gasteiger partial charge in [0.25, 0.3) is 5.91 Å². The van der Waals surface area contributed by atoms with Crippen molar-refractivity contribution in [3.8, 4) is 0 Å². The molecule has 0 aromatic carbocycles. The van der Waals surface area contributed by atoms with E-state index in [1.165, 1.54) is 12.1 Å². The van der Waals surface area contributed by atoms with Crippen LogP contribution in [-0.2, 0) is 0 Å². The van der Waals surface area contributed by atoms with E-state index in [2.05, 4.69) is 4.98 Å². The minimum atomic E-state index is -4.53. The molecule has 1 aromatic heterocycles. The summed E-state index contributed by atoms with van der Waals surface area (Å²) in [7, 11) is 0. The predicted octanol–water partition coefficient (Wildman–Crippen LogP) is 0.969. The molecule has 0 aliphatic rings. The Morgan fingerprint density at radius 1 is 1.47 bits per heavy atom. The number of carbonyl (C=O) groups excluding carboxylic acids is 1. The summed E-state index contributed by atoms with van der Waals surface area (Å²) in [4.78, 5) is 16.3. The molecule has 0 atom stereocenters. The molecule has 1 heterocycles. The predicted molar refractivity (Wildman–Crippen MR) is 62.4 cm³/mol. The number of aliphatic hydroxyl groups excluding tert-OH is 1. The molecule has 0 fully saturated rings. The fourth-order valence-corrected chi connectivity index (χ4v) is 1.59. The van der Waals surface area contributed by atoms with Crippen molar-refractivity contribution in [2.24, 2.45) is 0 Å². The second-order valence-corrected chi connectivity index (χ2v) is 3.99. The van der Waals surface area contributed by atoms with Crippen LogP contribution < -0.4 is 5.73 Å². The van der Waals surface area contributed by atoms with Gasteiger partial charge in [-0.15, -0.1) is 0 Å². The first-order valence-electron chi connectivity index (χ1n) is 5.44. The Balaban J connectivity index is 2.98. The quantitative estimate of drug-likeness (QED) is 0.859. The monoisotopic (exact) mass is 277 g/mol. The van der Waals surface area contributed by atoms with Crippen LogP contribution in [0.15, 0.2) is 12.1 Å². The van der Waals surface area contributed by atoms with Gasteiger partial charge in [0.05, 0.1) is 6.61 Å². The number of halogens is 3. The van der Waals surface area contributed by atoms with Crippen LogP contribution in [0.2, 0.25) is 0 Å². The van der Waals surface area contributed by atoms with E-state index in [1.54, 1.807) is 6.92 Å². The average molecular weight is 277 g/mol. The Morgan fingerprint density at radius 3 is 2.58 bits per heavy atom. The number of carbonyl (C=O) groups is 1. The van der Waals surface area contributed by atoms with E-state index in [1.807, 2.05) is 0 Å². The summed E-state index contributed by atoms with van der Waals surface area (Å²) in [6.07, 6.45) is -4.53. The van der Waals surface area contributed by atoms with E-state index in [4.69, 9.17) is 10.8 Å². The van der Waals surface area contributed by atoms with Gasteiger partial charge < -0.3 is 15.7 Å². The molecule has 8 heteroatoms. The molecule has 0 radical (unpaired) electrons. The van der Waals surface area contributed by atoms with Crippen LogP contribution in [0.4, 0.5) is 19.0 Å². The number of amides is 1. The van der Waals surface area contributed by atoms with Gasteiger partial charge in [-0.2, -0.15) is 13.2 Å². The first kappa shape index (κ1) is 15.2. The third-order valence-electron chi connectivity index (χ3n) is 2.25. The van der Waals surface area contributed by atoms with Crippen LogP contribution in [0.5, 0.6) is 0 Å². The summed E-state index contributed by atoms with van der Waals surface area (Å²) in [6, 6.07) is 2.55. The van der Waals surface area contributed by atoms with Gasteiger partial charge in [0.1, 0.15) is 12.4 Å². The van der Waals surface area contributed by atoms with Gasteiger partial charge >= 0.3 is 6.18 Å². The van der Waals surface area contributed by atoms with Gasteiger partial charge in [0.2, 0.25) is 0 Å². The van der Waals surface area contributed by atoms with E-state index < -0.39 is 31.8 Å². The smallest absolute Gasteiger partial charge is 0.395 e. The molecule has 1 rings (SSSR count). The zero-order chi connectivity index (χ0) is 14.6. The normalized spacial score (nSPS) is 11.4. The van der Waals surface area contributed by atoms with Crippen molar-refractivity contribution in [2.75, 3.05) is 25.4 Å². The highest BCUT2D eigenvalue weighted by Crippen LogP contribution is 2.18. The summed E-state index contributed by atoms with van der Waals surface area (Å²) >= 11 is 0. The molecule has 3 N–H and O–H groups in total. The molecule has 0 bridgehead atoms. The molecular formula is C11H14F3N3O2. The lowest BCUT2D eigenvalue weighted by atomic mass is 10.2. The number of aryl methyl sites for hydroxylation is 1. The van der Waals surface area contributed by atoms with Gasteiger partial charge in [-0.3, -0.25) is 4.79 Å². The van der Waals surface area contributed by atoms with E-state index in [9.17, 15) is 18.0 Å². The maximum absolute atomic E-state index is 12.4. The van der Waals surface area contributed by atoms with Crippen LogP contribution in [0.1, 0.15) is 16.1 Å². The summed E-state index contributed by atoms with van der Waals surface area (Å²) < 4.78 is 37.1. The van der Waals surface area contributed by atoms with Crippen molar-refractivity contribution in [3.63, 3.8) is 0 Å². The third-order valence-corrected chi connectivity index (χ3v) is 2.25. The molecule has 0 aliphatic carbocycles. The van der Waals surface area contributed by atoms with Crippen molar-refractivity contribution in [1.82, 2.24) is 9.88 Å². The van der Waals surface area contributed by atoms with Crippen LogP contribution >= 0.6 is 0 Å². The molecule has 1 aromatic rings. The Hall–Kier alpha value is -1.83. The molecule has 0 saturated carbocycles. The maximum atomic E-state index is 12.4. The minimum absolute atomic E-state index is 0.0164. The molecule has 106 valence electrons. The summed E-state index contributed by atoms with van der Waals surface area (Å²) in [5.74, 6) is -0.789. The number of aliphatic hydroxyl groups is 1. The number of rotatable bonds is 4. The van der Waals surface area contributed by atoms with Crippen LogP contribution in [-0.4, -0.2) is 46.8 Å². The SMILES string of the molecule is Cc1cc(C(=O)N(CCO)CC(F)(F)F)cc(N)n1. The molecule has 0 unspecified atom stereocenters. The van der Waals surface area contributed by atoms with E-state index >= 15 is 0 Å². The van der Waals surface area contributed by atoms with E-state index in [0.29, 0.717) is 10.6 Å². The Kier molecular flexibility index (Phi) is 4.71. The lowest BCUT2D eigenvalue weighted by Crippen LogP contribution is -2.40. The highest BCUT2D eigenvalue weighted by molar-refractivity contribution is 5.95. The molecule has 1 amide bonds. The largest absolute Gasteiger partial charge is 0.406 e. The number of hydrogen-bond donors (Lipinski definition) is 2. The second kappa shape index (κ2) is 5.87. The van der Waals surface area contributed by atoms with Crippen molar-refractivity contribution < 1.29 is 23.1 Å². The zero-order valence-electron chi connectivity index (χ0n) is 10.2. The molecule has 19 heavy (non-hydrogen) atoms. The highest BCUT2D eigenvalue weighted by atomic mass is 19.4. The van der Waals surface area contributed by atoms with Gasteiger partial charge in [0, 0.05) is 17.8 Å². The minimum Gasteiger partial charge on any atom is -0.395 e. The number of hydrogen-bond acceptors (Lipinski definition) is 4. The highest BCUT2D eigenvalue weighted by Gasteiger charge is 2.33. The summed E-state index contributed by atoms with van der Waals surface area (Å²) in [5, 5.41) is 8.74. The van der Waals surface area contributed by atoms with Crippen molar-refractivity contribution in [3.05, 3.63) is 23.4 Å². The first-order valence-corrected chi connectivity index (χ1v) is 5.44. The fraction of sp³-hybridized carbons (Fsp3) is 0.455. The first-order chi connectivity index (χ1) is 8.73. The van der Waals surface area contributed by atoms with Gasteiger partial charge in [-0.25, -0.2) is 4.98 Å². The molecule has 5 nitrogen and oxygen atoms in total. The number of nitrogens with zero attached hydrogens (tertiary/aromatic N) is 2. The second-order valence-electron chi connectivity index (χ2n) is 3.99. The van der Waals surface area contributed by atoms with Gasteiger partial charge in [-0.1, -0.05) is 0 Å². The van der Waals surface area contributed by atoms with Gasteiger partial charge in [0.15, 0.2) is 0 Å². The third kappa shape index (κ3) is 4.74. The lowest BCUT2D eigenvalue weighted by molar-refractivity contribution is -0.141. The average Bonchev–Trinajstić information content (AvgIpc) is 2.24. The van der Waals surface area contributed by atoms with Gasteiger partial charge in [-0.05, 0) is 19.1 Å². The van der Waals surface area contributed by atoms with Crippen LogP contribution in [0.25, 0.3) is 0 Å². The topological polar surface area (TPSA) is 79.5 Å². The number of pyridine rings is 1. The zero-order valence-corrected chi connectivity index (χ0v) is 10.2. The number of anilines is 1. The molecular weight excluding hydrogens is 263 g/mol. The van der Waals surface area contributed by atoms with Crippen molar-refractivity contribution >= 4 is 11.7 Å². The Morgan fingerprint density at radius 2 is 2.11 bits per heavy atom. The van der Waals surface area contributed by atoms with Crippen molar-refractivity contribution in [2.45, 2.75) is 13.1 Å². The summed E-state index contributed by atoms with van der Waals surface area (Å²) in [6.45, 7) is -0.804. The number of aromatic nitrogens is 1. The number of nitrogen functional groups attached to an aromatic ring is 1. The molecule has 0 aliphatic heterocycles. The standard InChI is InChI=1S/C11H14F3N3O2/c1-7-4-8(5-9(15)16-7)10(19)17(2-3-18)6-11(12,13)14/h4-5,18H,2-3,6H2,1H3,(H2,15,16). The summed E-state index contributed by atoms with van der Waals surface area (Å²) in [5.41, 5.74) is 5.89. The van der Waals surface area contributed by atoms with Crippen molar-refractivity contribution in [1.29, 1.82) is 0 Å². The maximum Gasteiger partial charge on any atom is 0.406 e. The molecule has 0 spiro atoms. The van der Waals surface area contributed by atoms with E-state index in [-0.39, 0.29) is 11.4 Å². The van der Waals surface area contributed by atoms with E-state index in [0.717, 1.165) is 0 Å². The number of alkyl halides is 3. The fourth-order valence-electron chi connectivity index (χ4n) is 1.59. The Bertz CT molecular complexity index is 443. The molecule has 0 saturated heterocycles. The lowest BCUT2D eigenvalue weighted by Gasteiger charge is -2.23. The van der Waals surface area contributed by atoms with Crippen LogP contribution in [0, 0.1) is 6.92 Å². The van der Waals surface area contributed by atoms with Crippen LogP contribution in [0.3, 0.4) is 0 Å². The number of nitrogens with two attached hydrogens (primary N) is 1.